The van der Waals surface area contributed by atoms with E-state index in [9.17, 15) is 0 Å². The average molecular weight is 254 g/mol. The van der Waals surface area contributed by atoms with E-state index in [1.165, 1.54) is 77.0 Å². The number of hydrogen-bond acceptors (Lipinski definition) is 3. The SMILES string of the molecule is C1CCCCC(N2CCCCCCNO2)CCC1. The molecule has 0 amide bonds. The predicted molar refractivity (Wildman–Crippen MR) is 75.0 cm³/mol. The summed E-state index contributed by atoms with van der Waals surface area (Å²) < 4.78 is 0. The van der Waals surface area contributed by atoms with Crippen molar-refractivity contribution in [1.29, 1.82) is 0 Å². The topological polar surface area (TPSA) is 24.5 Å². The summed E-state index contributed by atoms with van der Waals surface area (Å²) in [5, 5.41) is 2.26. The first-order valence-electron chi connectivity index (χ1n) is 8.13. The van der Waals surface area contributed by atoms with E-state index >= 15 is 0 Å². The highest BCUT2D eigenvalue weighted by Crippen LogP contribution is 2.22. The third-order valence-electron chi connectivity index (χ3n) is 4.32. The van der Waals surface area contributed by atoms with Crippen molar-refractivity contribution in [3.8, 4) is 0 Å². The molecule has 1 saturated carbocycles. The number of hydroxylamine groups is 3. The smallest absolute Gasteiger partial charge is 0.0371 e. The molecular formula is C15H30N2O. The van der Waals surface area contributed by atoms with Gasteiger partial charge in [-0.2, -0.15) is 10.5 Å². The third kappa shape index (κ3) is 5.25. The maximum absolute atomic E-state index is 5.82. The van der Waals surface area contributed by atoms with Crippen LogP contribution in [0.2, 0.25) is 0 Å². The fraction of sp³-hybridized carbons (Fsp3) is 1.00. The highest BCUT2D eigenvalue weighted by molar-refractivity contribution is 4.69. The minimum atomic E-state index is 0.647. The predicted octanol–water partition coefficient (Wildman–Crippen LogP) is 3.80. The molecule has 0 aromatic rings. The second-order valence-electron chi connectivity index (χ2n) is 5.89. The summed E-state index contributed by atoms with van der Waals surface area (Å²) in [5.41, 5.74) is 3.15. The molecule has 0 aromatic heterocycles. The Hall–Kier alpha value is -0.120. The normalized spacial score (nSPS) is 27.3. The Morgan fingerprint density at radius 2 is 1.33 bits per heavy atom. The Bertz CT molecular complexity index is 169. The monoisotopic (exact) mass is 254 g/mol. The van der Waals surface area contributed by atoms with E-state index in [4.69, 9.17) is 4.94 Å². The molecule has 1 aliphatic carbocycles. The van der Waals surface area contributed by atoms with Crippen LogP contribution in [0.1, 0.15) is 77.0 Å². The lowest BCUT2D eigenvalue weighted by molar-refractivity contribution is -0.235. The Balaban J connectivity index is 1.83. The molecule has 1 N–H and O–H groups in total. The second-order valence-corrected chi connectivity index (χ2v) is 5.89. The van der Waals surface area contributed by atoms with Gasteiger partial charge in [-0.05, 0) is 25.7 Å². The third-order valence-corrected chi connectivity index (χ3v) is 4.32. The van der Waals surface area contributed by atoms with Crippen LogP contribution < -0.4 is 5.48 Å². The van der Waals surface area contributed by atoms with Gasteiger partial charge in [0.1, 0.15) is 0 Å². The Morgan fingerprint density at radius 3 is 2.11 bits per heavy atom. The molecule has 18 heavy (non-hydrogen) atoms. The molecule has 2 aliphatic rings. The molecule has 2 rings (SSSR count). The van der Waals surface area contributed by atoms with Gasteiger partial charge in [0.2, 0.25) is 0 Å². The van der Waals surface area contributed by atoms with E-state index in [1.54, 1.807) is 0 Å². The number of nitrogens with one attached hydrogen (secondary N) is 1. The number of hydrogen-bond donors (Lipinski definition) is 1. The Kier molecular flexibility index (Phi) is 7.06. The van der Waals surface area contributed by atoms with Crippen molar-refractivity contribution in [2.45, 2.75) is 83.1 Å². The van der Waals surface area contributed by atoms with Crippen LogP contribution in [0.15, 0.2) is 0 Å². The van der Waals surface area contributed by atoms with E-state index < -0.39 is 0 Å². The summed E-state index contributed by atoms with van der Waals surface area (Å²) in [5.74, 6) is 0. The van der Waals surface area contributed by atoms with Crippen molar-refractivity contribution in [1.82, 2.24) is 10.5 Å². The summed E-state index contributed by atoms with van der Waals surface area (Å²) in [6.45, 7) is 2.11. The minimum Gasteiger partial charge on any atom is -0.211 e. The highest BCUT2D eigenvalue weighted by atomic mass is 16.8. The van der Waals surface area contributed by atoms with Crippen molar-refractivity contribution in [2.75, 3.05) is 13.1 Å². The molecule has 1 saturated heterocycles. The van der Waals surface area contributed by atoms with Gasteiger partial charge in [0.05, 0.1) is 0 Å². The summed E-state index contributed by atoms with van der Waals surface area (Å²) in [6.07, 6.45) is 16.3. The first-order valence-corrected chi connectivity index (χ1v) is 8.13. The lowest BCUT2D eigenvalue weighted by Crippen LogP contribution is -2.40. The zero-order valence-corrected chi connectivity index (χ0v) is 11.8. The summed E-state index contributed by atoms with van der Waals surface area (Å²) >= 11 is 0. The quantitative estimate of drug-likeness (QED) is 0.770. The van der Waals surface area contributed by atoms with Crippen LogP contribution >= 0.6 is 0 Å². The van der Waals surface area contributed by atoms with E-state index in [2.05, 4.69) is 10.5 Å². The van der Waals surface area contributed by atoms with Crippen LogP contribution in [0, 0.1) is 0 Å². The zero-order chi connectivity index (χ0) is 12.5. The Morgan fingerprint density at radius 1 is 0.722 bits per heavy atom. The number of nitrogens with zero attached hydrogens (tertiary/aromatic N) is 1. The zero-order valence-electron chi connectivity index (χ0n) is 11.8. The standard InChI is InChI=1S/C15H30N2O/c1-2-4-8-12-15(11-7-3-1)17-14-10-6-5-9-13-16-18-17/h15-16H,1-14H2. The molecule has 3 heteroatoms. The van der Waals surface area contributed by atoms with Gasteiger partial charge in [0.15, 0.2) is 0 Å². The average Bonchev–Trinajstić information content (AvgIpc) is 2.61. The van der Waals surface area contributed by atoms with E-state index in [0.29, 0.717) is 6.04 Å². The fourth-order valence-electron chi connectivity index (χ4n) is 3.15. The molecule has 1 heterocycles. The van der Waals surface area contributed by atoms with E-state index in [0.717, 1.165) is 13.1 Å². The van der Waals surface area contributed by atoms with Crippen LogP contribution in [0.4, 0.5) is 0 Å². The lowest BCUT2D eigenvalue weighted by atomic mass is 10.0. The number of rotatable bonds is 1. The molecule has 1 aliphatic heterocycles. The molecule has 0 bridgehead atoms. The van der Waals surface area contributed by atoms with E-state index in [-0.39, 0.29) is 0 Å². The lowest BCUT2D eigenvalue weighted by Gasteiger charge is -2.29. The summed E-state index contributed by atoms with van der Waals surface area (Å²) in [6, 6.07) is 0.647. The van der Waals surface area contributed by atoms with Gasteiger partial charge in [-0.25, -0.2) is 4.94 Å². The molecular weight excluding hydrogens is 224 g/mol. The van der Waals surface area contributed by atoms with Crippen molar-refractivity contribution < 1.29 is 4.94 Å². The molecule has 0 atom stereocenters. The minimum absolute atomic E-state index is 0.647. The van der Waals surface area contributed by atoms with Crippen LogP contribution in [-0.4, -0.2) is 24.2 Å². The van der Waals surface area contributed by atoms with Crippen molar-refractivity contribution in [3.05, 3.63) is 0 Å². The molecule has 0 radical (unpaired) electrons. The van der Waals surface area contributed by atoms with Crippen LogP contribution in [0.5, 0.6) is 0 Å². The van der Waals surface area contributed by atoms with Gasteiger partial charge in [0, 0.05) is 19.1 Å². The maximum atomic E-state index is 5.82. The van der Waals surface area contributed by atoms with Crippen LogP contribution in [-0.2, 0) is 4.94 Å². The molecule has 106 valence electrons. The first-order chi connectivity index (χ1) is 8.97. The molecule has 0 spiro atoms. The van der Waals surface area contributed by atoms with Gasteiger partial charge < -0.3 is 0 Å². The van der Waals surface area contributed by atoms with Crippen LogP contribution in [0.25, 0.3) is 0 Å². The fourth-order valence-corrected chi connectivity index (χ4v) is 3.15. The molecule has 2 fully saturated rings. The first kappa shape index (κ1) is 14.3. The molecule has 0 unspecified atom stereocenters. The summed E-state index contributed by atoms with van der Waals surface area (Å²) in [4.78, 5) is 5.82. The molecule has 3 nitrogen and oxygen atoms in total. The van der Waals surface area contributed by atoms with Gasteiger partial charge in [-0.1, -0.05) is 51.4 Å². The van der Waals surface area contributed by atoms with Crippen molar-refractivity contribution >= 4 is 0 Å². The second kappa shape index (κ2) is 8.89. The highest BCUT2D eigenvalue weighted by Gasteiger charge is 2.20. The van der Waals surface area contributed by atoms with Gasteiger partial charge >= 0.3 is 0 Å². The van der Waals surface area contributed by atoms with Gasteiger partial charge in [-0.3, -0.25) is 0 Å². The Labute approximate surface area is 112 Å². The van der Waals surface area contributed by atoms with Gasteiger partial charge in [-0.15, -0.1) is 0 Å². The largest absolute Gasteiger partial charge is 0.211 e. The van der Waals surface area contributed by atoms with Gasteiger partial charge in [0.25, 0.3) is 0 Å². The summed E-state index contributed by atoms with van der Waals surface area (Å²) in [7, 11) is 0. The molecule has 0 aromatic carbocycles. The van der Waals surface area contributed by atoms with Crippen molar-refractivity contribution in [2.24, 2.45) is 0 Å². The van der Waals surface area contributed by atoms with E-state index in [1.807, 2.05) is 0 Å². The van der Waals surface area contributed by atoms with Crippen molar-refractivity contribution in [3.63, 3.8) is 0 Å². The maximum Gasteiger partial charge on any atom is 0.0371 e. The van der Waals surface area contributed by atoms with Crippen LogP contribution in [0.3, 0.4) is 0 Å².